The van der Waals surface area contributed by atoms with Crippen LogP contribution in [-0.4, -0.2) is 6.54 Å². The Morgan fingerprint density at radius 2 is 2.17 bits per heavy atom. The topological polar surface area (TPSA) is 25.2 Å². The van der Waals surface area contributed by atoms with Crippen molar-refractivity contribution in [3.63, 3.8) is 0 Å². The Morgan fingerprint density at radius 3 is 2.83 bits per heavy atom. The lowest BCUT2D eigenvalue weighted by atomic mass is 10.0. The van der Waals surface area contributed by atoms with Gasteiger partial charge in [0.1, 0.15) is 11.6 Å². The zero-order valence-electron chi connectivity index (χ0n) is 10.1. The summed E-state index contributed by atoms with van der Waals surface area (Å²) in [4.78, 5) is 0. The molecule has 0 fully saturated rings. The number of halogens is 2. The average Bonchev–Trinajstić information content (AvgIpc) is 2.85. The van der Waals surface area contributed by atoms with E-state index in [0.29, 0.717) is 10.9 Å². The molecule has 4 heteroatoms. The molecule has 0 saturated heterocycles. The van der Waals surface area contributed by atoms with Crippen LogP contribution in [-0.2, 0) is 6.42 Å². The molecule has 1 N–H and O–H groups in total. The second kappa shape index (κ2) is 6.16. The average molecular weight is 312 g/mol. The van der Waals surface area contributed by atoms with E-state index < -0.39 is 0 Å². The molecular weight excluding hydrogens is 297 g/mol. The van der Waals surface area contributed by atoms with Crippen molar-refractivity contribution in [2.24, 2.45) is 0 Å². The van der Waals surface area contributed by atoms with E-state index in [1.807, 2.05) is 25.1 Å². The maximum Gasteiger partial charge on any atom is 0.137 e. The molecule has 2 rings (SSSR count). The normalized spacial score (nSPS) is 12.6. The van der Waals surface area contributed by atoms with Crippen LogP contribution in [0, 0.1) is 5.82 Å². The fourth-order valence-corrected chi connectivity index (χ4v) is 2.50. The highest BCUT2D eigenvalue weighted by atomic mass is 79.9. The molecule has 1 aromatic heterocycles. The second-order valence-corrected chi connectivity index (χ2v) is 4.83. The molecule has 0 bridgehead atoms. The first-order valence-electron chi connectivity index (χ1n) is 5.92. The Labute approximate surface area is 114 Å². The lowest BCUT2D eigenvalue weighted by Gasteiger charge is -2.19. The summed E-state index contributed by atoms with van der Waals surface area (Å²) in [6.07, 6.45) is 2.35. The highest BCUT2D eigenvalue weighted by Crippen LogP contribution is 2.28. The van der Waals surface area contributed by atoms with Crippen molar-refractivity contribution in [1.82, 2.24) is 5.32 Å². The van der Waals surface area contributed by atoms with E-state index in [4.69, 9.17) is 4.42 Å². The molecule has 2 aromatic rings. The van der Waals surface area contributed by atoms with Crippen LogP contribution in [0.5, 0.6) is 0 Å². The molecule has 0 spiro atoms. The van der Waals surface area contributed by atoms with Crippen LogP contribution in [0.4, 0.5) is 4.39 Å². The summed E-state index contributed by atoms with van der Waals surface area (Å²) in [5, 5.41) is 3.35. The molecule has 0 radical (unpaired) electrons. The molecule has 2 nitrogen and oxygen atoms in total. The van der Waals surface area contributed by atoms with Gasteiger partial charge in [-0.2, -0.15) is 0 Å². The third-order valence-corrected chi connectivity index (χ3v) is 3.63. The molecule has 1 unspecified atom stereocenters. The van der Waals surface area contributed by atoms with Crippen LogP contribution in [0.25, 0.3) is 0 Å². The molecule has 0 saturated carbocycles. The van der Waals surface area contributed by atoms with E-state index in [1.165, 1.54) is 6.07 Å². The fourth-order valence-electron chi connectivity index (χ4n) is 1.96. The van der Waals surface area contributed by atoms with Crippen molar-refractivity contribution in [1.29, 1.82) is 0 Å². The summed E-state index contributed by atoms with van der Waals surface area (Å²) >= 11 is 3.31. The number of rotatable bonds is 5. The number of hydrogen-bond acceptors (Lipinski definition) is 2. The standard InChI is InChI=1S/C14H15BrFNO/c1-2-17-13(9-10-5-4-8-18-10)11-6-3-7-12(16)14(11)15/h3-8,13,17H,2,9H2,1H3. The maximum absolute atomic E-state index is 13.6. The van der Waals surface area contributed by atoms with Gasteiger partial charge in [0.15, 0.2) is 0 Å². The monoisotopic (exact) mass is 311 g/mol. The Morgan fingerprint density at radius 1 is 1.33 bits per heavy atom. The molecule has 1 heterocycles. The van der Waals surface area contributed by atoms with Gasteiger partial charge in [0.2, 0.25) is 0 Å². The van der Waals surface area contributed by atoms with E-state index in [2.05, 4.69) is 21.2 Å². The van der Waals surface area contributed by atoms with Gasteiger partial charge in [0.05, 0.1) is 10.7 Å². The van der Waals surface area contributed by atoms with E-state index in [-0.39, 0.29) is 11.9 Å². The summed E-state index contributed by atoms with van der Waals surface area (Å²) < 4.78 is 19.4. The van der Waals surface area contributed by atoms with Crippen LogP contribution in [0.1, 0.15) is 24.3 Å². The molecule has 0 aliphatic carbocycles. The third kappa shape index (κ3) is 3.00. The first-order chi connectivity index (χ1) is 8.72. The van der Waals surface area contributed by atoms with E-state index in [9.17, 15) is 4.39 Å². The van der Waals surface area contributed by atoms with Crippen molar-refractivity contribution >= 4 is 15.9 Å². The van der Waals surface area contributed by atoms with Crippen molar-refractivity contribution in [3.8, 4) is 0 Å². The van der Waals surface area contributed by atoms with Crippen LogP contribution in [0.15, 0.2) is 45.5 Å². The van der Waals surface area contributed by atoms with Gasteiger partial charge in [0.25, 0.3) is 0 Å². The lowest BCUT2D eigenvalue weighted by molar-refractivity contribution is 0.452. The zero-order chi connectivity index (χ0) is 13.0. The summed E-state index contributed by atoms with van der Waals surface area (Å²) in [7, 11) is 0. The zero-order valence-corrected chi connectivity index (χ0v) is 11.7. The number of hydrogen-bond donors (Lipinski definition) is 1. The Kier molecular flexibility index (Phi) is 4.55. The highest BCUT2D eigenvalue weighted by Gasteiger charge is 2.17. The van der Waals surface area contributed by atoms with E-state index in [0.717, 1.165) is 17.9 Å². The smallest absolute Gasteiger partial charge is 0.137 e. The predicted molar refractivity (Wildman–Crippen MR) is 72.9 cm³/mol. The molecule has 1 atom stereocenters. The van der Waals surface area contributed by atoms with Crippen molar-refractivity contribution in [3.05, 3.63) is 58.2 Å². The minimum absolute atomic E-state index is 0.0335. The maximum atomic E-state index is 13.6. The van der Waals surface area contributed by atoms with Crippen LogP contribution < -0.4 is 5.32 Å². The molecule has 1 aromatic carbocycles. The first kappa shape index (κ1) is 13.3. The second-order valence-electron chi connectivity index (χ2n) is 4.04. The molecular formula is C14H15BrFNO. The molecule has 0 aliphatic heterocycles. The molecule has 96 valence electrons. The van der Waals surface area contributed by atoms with Gasteiger partial charge in [0, 0.05) is 12.5 Å². The third-order valence-electron chi connectivity index (χ3n) is 2.79. The van der Waals surface area contributed by atoms with E-state index >= 15 is 0 Å². The molecule has 0 aliphatic rings. The van der Waals surface area contributed by atoms with E-state index in [1.54, 1.807) is 12.3 Å². The Hall–Kier alpha value is -1.13. The Balaban J connectivity index is 2.26. The van der Waals surface area contributed by atoms with Gasteiger partial charge < -0.3 is 9.73 Å². The van der Waals surface area contributed by atoms with Gasteiger partial charge in [-0.25, -0.2) is 4.39 Å². The fraction of sp³-hybridized carbons (Fsp3) is 0.286. The van der Waals surface area contributed by atoms with Crippen LogP contribution in [0.3, 0.4) is 0 Å². The summed E-state index contributed by atoms with van der Waals surface area (Å²) in [5.74, 6) is 0.645. The van der Waals surface area contributed by atoms with Gasteiger partial charge in [-0.1, -0.05) is 19.1 Å². The van der Waals surface area contributed by atoms with Crippen molar-refractivity contribution in [2.45, 2.75) is 19.4 Å². The van der Waals surface area contributed by atoms with Gasteiger partial charge in [-0.3, -0.25) is 0 Å². The highest BCUT2D eigenvalue weighted by molar-refractivity contribution is 9.10. The van der Waals surface area contributed by atoms with Crippen LogP contribution >= 0.6 is 15.9 Å². The summed E-state index contributed by atoms with van der Waals surface area (Å²) in [5.41, 5.74) is 0.910. The summed E-state index contributed by atoms with van der Waals surface area (Å²) in [6, 6.07) is 8.91. The Bertz CT molecular complexity index is 499. The molecule has 18 heavy (non-hydrogen) atoms. The minimum atomic E-state index is -0.241. The molecule has 0 amide bonds. The quantitative estimate of drug-likeness (QED) is 0.900. The van der Waals surface area contributed by atoms with Gasteiger partial charge in [-0.05, 0) is 46.2 Å². The SMILES string of the molecule is CCNC(Cc1ccco1)c1cccc(F)c1Br. The largest absolute Gasteiger partial charge is 0.469 e. The predicted octanol–water partition coefficient (Wildman–Crippen LogP) is 4.07. The van der Waals surface area contributed by atoms with Crippen molar-refractivity contribution < 1.29 is 8.81 Å². The number of benzene rings is 1. The summed E-state index contributed by atoms with van der Waals surface area (Å²) in [6.45, 7) is 2.84. The first-order valence-corrected chi connectivity index (χ1v) is 6.71. The lowest BCUT2D eigenvalue weighted by Crippen LogP contribution is -2.23. The number of likely N-dealkylation sites (N-methyl/N-ethyl adjacent to an activating group) is 1. The van der Waals surface area contributed by atoms with Crippen molar-refractivity contribution in [2.75, 3.05) is 6.54 Å². The minimum Gasteiger partial charge on any atom is -0.469 e. The van der Waals surface area contributed by atoms with Gasteiger partial charge >= 0.3 is 0 Å². The number of nitrogens with one attached hydrogen (secondary N) is 1. The van der Waals surface area contributed by atoms with Crippen LogP contribution in [0.2, 0.25) is 0 Å². The number of furan rings is 1. The van der Waals surface area contributed by atoms with Gasteiger partial charge in [-0.15, -0.1) is 0 Å².